The highest BCUT2D eigenvalue weighted by molar-refractivity contribution is 6.03. The van der Waals surface area contributed by atoms with Crippen LogP contribution in [-0.2, 0) is 11.3 Å². The maximum atomic E-state index is 12.5. The van der Waals surface area contributed by atoms with Crippen LogP contribution in [0.25, 0.3) is 21.9 Å². The van der Waals surface area contributed by atoms with Crippen LogP contribution < -0.4 is 10.1 Å². The van der Waals surface area contributed by atoms with E-state index in [1.54, 1.807) is 0 Å². The topological polar surface area (TPSA) is 69.0 Å². The maximum absolute atomic E-state index is 12.5. The van der Waals surface area contributed by atoms with Crippen LogP contribution in [0, 0.1) is 6.92 Å². The molecule has 0 aliphatic rings. The zero-order valence-corrected chi connectivity index (χ0v) is 16.7. The molecule has 0 saturated heterocycles. The van der Waals surface area contributed by atoms with E-state index in [1.165, 1.54) is 0 Å². The molecule has 0 aliphatic heterocycles. The number of nitrogens with one attached hydrogen (secondary N) is 1. The van der Waals surface area contributed by atoms with Crippen LogP contribution >= 0.6 is 0 Å². The zero-order valence-electron chi connectivity index (χ0n) is 16.7. The van der Waals surface area contributed by atoms with Gasteiger partial charge in [-0.05, 0) is 43.2 Å². The summed E-state index contributed by atoms with van der Waals surface area (Å²) in [4.78, 5) is 17.3. The number of para-hydroxylation sites is 1. The van der Waals surface area contributed by atoms with Gasteiger partial charge in [0, 0.05) is 11.9 Å². The molecule has 0 fully saturated rings. The van der Waals surface area contributed by atoms with E-state index < -0.39 is 0 Å². The smallest absolute Gasteiger partial charge is 0.263 e. The number of unbranched alkanes of at least 4 members (excludes halogenated alkanes) is 1. The van der Waals surface area contributed by atoms with E-state index >= 15 is 0 Å². The van der Waals surface area contributed by atoms with Gasteiger partial charge in [0.05, 0.1) is 10.9 Å². The van der Waals surface area contributed by atoms with Crippen molar-refractivity contribution in [1.82, 2.24) is 14.8 Å². The average Bonchev–Trinajstić information content (AvgIpc) is 3.06. The number of nitrogens with zero attached hydrogens (tertiary/aromatic N) is 3. The number of anilines is 1. The number of rotatable bonds is 7. The largest absolute Gasteiger partial charge is 0.484 e. The molecule has 0 atom stereocenters. The van der Waals surface area contributed by atoms with Crippen molar-refractivity contribution in [1.29, 1.82) is 0 Å². The number of aromatic nitrogens is 3. The van der Waals surface area contributed by atoms with Crippen LogP contribution in [0.2, 0.25) is 0 Å². The van der Waals surface area contributed by atoms with Gasteiger partial charge in [0.1, 0.15) is 5.75 Å². The molecule has 0 bridgehead atoms. The summed E-state index contributed by atoms with van der Waals surface area (Å²) in [6, 6.07) is 17.5. The quantitative estimate of drug-likeness (QED) is 0.498. The predicted octanol–water partition coefficient (Wildman–Crippen LogP) is 4.71. The molecule has 1 amide bonds. The fraction of sp³-hybridized carbons (Fsp3) is 0.261. The molecule has 1 N–H and O–H groups in total. The Bertz CT molecular complexity index is 1150. The molecule has 2 heterocycles. The van der Waals surface area contributed by atoms with E-state index in [1.807, 2.05) is 47.1 Å². The molecule has 0 spiro atoms. The summed E-state index contributed by atoms with van der Waals surface area (Å²) in [5.41, 5.74) is 2.88. The Morgan fingerprint density at radius 2 is 1.97 bits per heavy atom. The number of pyridine rings is 1. The number of fused-ring (bicyclic) bond motifs is 2. The number of aryl methyl sites for hydroxylation is 2. The highest BCUT2D eigenvalue weighted by atomic mass is 16.5. The minimum Gasteiger partial charge on any atom is -0.484 e. The Morgan fingerprint density at radius 3 is 2.76 bits per heavy atom. The molecule has 0 radical (unpaired) electrons. The standard InChI is InChI=1S/C23H24N4O2/c1-3-4-12-27-23-19(14-17-11-10-16(2)13-20(17)24-23)22(26-27)25-21(28)15-29-18-8-6-5-7-9-18/h5-11,13-14H,3-4,12,15H2,1-2H3,(H,25,26,28). The third-order valence-electron chi connectivity index (χ3n) is 4.77. The molecule has 2 aromatic heterocycles. The van der Waals surface area contributed by atoms with Gasteiger partial charge in [-0.15, -0.1) is 0 Å². The van der Waals surface area contributed by atoms with Gasteiger partial charge in [0.15, 0.2) is 18.1 Å². The summed E-state index contributed by atoms with van der Waals surface area (Å²) in [7, 11) is 0. The lowest BCUT2D eigenvalue weighted by Gasteiger charge is -2.06. The molecule has 6 nitrogen and oxygen atoms in total. The van der Waals surface area contributed by atoms with Gasteiger partial charge in [-0.3, -0.25) is 4.79 Å². The Balaban J connectivity index is 1.63. The van der Waals surface area contributed by atoms with Crippen LogP contribution in [0.4, 0.5) is 5.82 Å². The number of hydrogen-bond acceptors (Lipinski definition) is 4. The second kappa shape index (κ2) is 8.31. The summed E-state index contributed by atoms with van der Waals surface area (Å²) < 4.78 is 7.43. The van der Waals surface area contributed by atoms with Gasteiger partial charge < -0.3 is 10.1 Å². The Morgan fingerprint density at radius 1 is 1.14 bits per heavy atom. The third-order valence-corrected chi connectivity index (χ3v) is 4.77. The van der Waals surface area contributed by atoms with Gasteiger partial charge in [-0.25, -0.2) is 9.67 Å². The first-order chi connectivity index (χ1) is 14.1. The van der Waals surface area contributed by atoms with Crippen LogP contribution in [0.1, 0.15) is 25.3 Å². The van der Waals surface area contributed by atoms with Crippen LogP contribution in [-0.4, -0.2) is 27.3 Å². The molecule has 0 unspecified atom stereocenters. The highest BCUT2D eigenvalue weighted by Gasteiger charge is 2.16. The lowest BCUT2D eigenvalue weighted by molar-refractivity contribution is -0.118. The van der Waals surface area contributed by atoms with Crippen LogP contribution in [0.3, 0.4) is 0 Å². The van der Waals surface area contributed by atoms with Gasteiger partial charge in [-0.1, -0.05) is 43.7 Å². The summed E-state index contributed by atoms with van der Waals surface area (Å²) in [5, 5.41) is 9.39. The highest BCUT2D eigenvalue weighted by Crippen LogP contribution is 2.27. The minimum absolute atomic E-state index is 0.0759. The summed E-state index contributed by atoms with van der Waals surface area (Å²) >= 11 is 0. The Kier molecular flexibility index (Phi) is 5.42. The molecule has 0 saturated carbocycles. The summed E-state index contributed by atoms with van der Waals surface area (Å²) in [5.74, 6) is 0.927. The number of benzene rings is 2. The van der Waals surface area contributed by atoms with Crippen molar-refractivity contribution >= 4 is 33.7 Å². The SMILES string of the molecule is CCCCn1nc(NC(=O)COc2ccccc2)c2cc3ccc(C)cc3nc21. The molecule has 148 valence electrons. The molecular weight excluding hydrogens is 364 g/mol. The fourth-order valence-electron chi connectivity index (χ4n) is 3.25. The second-order valence-electron chi connectivity index (χ2n) is 7.13. The van der Waals surface area contributed by atoms with E-state index in [4.69, 9.17) is 9.72 Å². The number of carbonyl (C=O) groups is 1. The summed E-state index contributed by atoms with van der Waals surface area (Å²) in [6.07, 6.45) is 2.05. The number of ether oxygens (including phenoxy) is 1. The average molecular weight is 388 g/mol. The Labute approximate surface area is 169 Å². The van der Waals surface area contributed by atoms with E-state index in [9.17, 15) is 4.79 Å². The first-order valence-electron chi connectivity index (χ1n) is 9.89. The van der Waals surface area contributed by atoms with E-state index in [0.717, 1.165) is 46.9 Å². The maximum Gasteiger partial charge on any atom is 0.263 e. The van der Waals surface area contributed by atoms with Crippen molar-refractivity contribution in [3.63, 3.8) is 0 Å². The first-order valence-corrected chi connectivity index (χ1v) is 9.89. The first kappa shape index (κ1) is 18.9. The normalized spacial score (nSPS) is 11.1. The monoisotopic (exact) mass is 388 g/mol. The van der Waals surface area contributed by atoms with Crippen molar-refractivity contribution < 1.29 is 9.53 Å². The lowest BCUT2D eigenvalue weighted by Crippen LogP contribution is -2.20. The van der Waals surface area contributed by atoms with E-state index in [2.05, 4.69) is 36.4 Å². The molecule has 0 aliphatic carbocycles. The number of hydrogen-bond donors (Lipinski definition) is 1. The van der Waals surface area contributed by atoms with Crippen LogP contribution in [0.15, 0.2) is 54.6 Å². The third kappa shape index (κ3) is 4.21. The molecular formula is C23H24N4O2. The van der Waals surface area contributed by atoms with Gasteiger partial charge in [0.2, 0.25) is 0 Å². The molecule has 2 aromatic carbocycles. The summed E-state index contributed by atoms with van der Waals surface area (Å²) in [6.45, 7) is 4.88. The number of amides is 1. The van der Waals surface area contributed by atoms with Crippen molar-refractivity contribution in [3.05, 3.63) is 60.2 Å². The van der Waals surface area contributed by atoms with E-state index in [0.29, 0.717) is 11.6 Å². The molecule has 6 heteroatoms. The zero-order chi connectivity index (χ0) is 20.2. The van der Waals surface area contributed by atoms with Gasteiger partial charge >= 0.3 is 0 Å². The second-order valence-corrected chi connectivity index (χ2v) is 7.13. The minimum atomic E-state index is -0.250. The van der Waals surface area contributed by atoms with Gasteiger partial charge in [0.25, 0.3) is 5.91 Å². The number of carbonyl (C=O) groups excluding carboxylic acids is 1. The molecule has 4 rings (SSSR count). The van der Waals surface area contributed by atoms with Crippen molar-refractivity contribution in [2.45, 2.75) is 33.2 Å². The molecule has 29 heavy (non-hydrogen) atoms. The van der Waals surface area contributed by atoms with E-state index in [-0.39, 0.29) is 12.5 Å². The van der Waals surface area contributed by atoms with Crippen molar-refractivity contribution in [3.8, 4) is 5.75 Å². The molecule has 4 aromatic rings. The fourth-order valence-corrected chi connectivity index (χ4v) is 3.25. The van der Waals surface area contributed by atoms with Gasteiger partial charge in [-0.2, -0.15) is 5.10 Å². The van der Waals surface area contributed by atoms with Crippen LogP contribution in [0.5, 0.6) is 5.75 Å². The van der Waals surface area contributed by atoms with Crippen molar-refractivity contribution in [2.75, 3.05) is 11.9 Å². The Hall–Kier alpha value is -3.41. The lowest BCUT2D eigenvalue weighted by atomic mass is 10.1. The van der Waals surface area contributed by atoms with Crippen molar-refractivity contribution in [2.24, 2.45) is 0 Å². The predicted molar refractivity (Wildman–Crippen MR) is 115 cm³/mol.